The fourth-order valence-corrected chi connectivity index (χ4v) is 3.45. The zero-order valence-corrected chi connectivity index (χ0v) is 10.9. The lowest BCUT2D eigenvalue weighted by atomic mass is 10.2. The molecular formula is C13H20N2OS. The number of hydrogen-bond acceptors (Lipinski definition) is 4. The normalized spacial score (nSPS) is 29.4. The van der Waals surface area contributed by atoms with Crippen LogP contribution in [0.4, 0.5) is 0 Å². The Kier molecular flexibility index (Phi) is 3.76. The van der Waals surface area contributed by atoms with Crippen molar-refractivity contribution in [1.29, 1.82) is 0 Å². The second-order valence-electron chi connectivity index (χ2n) is 4.96. The van der Waals surface area contributed by atoms with Gasteiger partial charge in [0.15, 0.2) is 0 Å². The standard InChI is InChI=1S/C13H20N2OS/c1-3-11-10-16-12(9-15(11)5-1)7-14-8-13-4-2-6-17-13/h2,4,6,11-12,14H,1,3,5,7-10H2. The van der Waals surface area contributed by atoms with Crippen molar-refractivity contribution in [2.24, 2.45) is 0 Å². The molecule has 4 heteroatoms. The van der Waals surface area contributed by atoms with Crippen molar-refractivity contribution < 1.29 is 4.74 Å². The molecule has 0 bridgehead atoms. The van der Waals surface area contributed by atoms with Gasteiger partial charge in [0.05, 0.1) is 12.7 Å². The van der Waals surface area contributed by atoms with Crippen molar-refractivity contribution in [2.75, 3.05) is 26.2 Å². The van der Waals surface area contributed by atoms with E-state index in [-0.39, 0.29) is 0 Å². The first-order valence-electron chi connectivity index (χ1n) is 6.50. The van der Waals surface area contributed by atoms with Crippen LogP contribution in [0.3, 0.4) is 0 Å². The fourth-order valence-electron chi connectivity index (χ4n) is 2.78. The summed E-state index contributed by atoms with van der Waals surface area (Å²) >= 11 is 1.81. The molecule has 3 nitrogen and oxygen atoms in total. The lowest BCUT2D eigenvalue weighted by molar-refractivity contribution is -0.0470. The first-order valence-corrected chi connectivity index (χ1v) is 7.38. The molecule has 1 aromatic heterocycles. The second-order valence-corrected chi connectivity index (χ2v) is 5.99. The Morgan fingerprint density at radius 1 is 1.53 bits per heavy atom. The number of nitrogens with one attached hydrogen (secondary N) is 1. The summed E-state index contributed by atoms with van der Waals surface area (Å²) < 4.78 is 5.91. The van der Waals surface area contributed by atoms with Crippen LogP contribution in [0.15, 0.2) is 17.5 Å². The van der Waals surface area contributed by atoms with E-state index >= 15 is 0 Å². The van der Waals surface area contributed by atoms with Crippen LogP contribution in [-0.4, -0.2) is 43.3 Å². The number of nitrogens with zero attached hydrogens (tertiary/aromatic N) is 1. The first-order chi connectivity index (χ1) is 8.42. The summed E-state index contributed by atoms with van der Waals surface area (Å²) in [4.78, 5) is 4.00. The maximum absolute atomic E-state index is 5.91. The van der Waals surface area contributed by atoms with Gasteiger partial charge in [-0.2, -0.15) is 0 Å². The Morgan fingerprint density at radius 2 is 2.53 bits per heavy atom. The molecule has 17 heavy (non-hydrogen) atoms. The number of thiophene rings is 1. The predicted molar refractivity (Wildman–Crippen MR) is 70.4 cm³/mol. The number of morpholine rings is 1. The zero-order valence-electron chi connectivity index (χ0n) is 10.1. The maximum Gasteiger partial charge on any atom is 0.0827 e. The Bertz CT molecular complexity index is 341. The van der Waals surface area contributed by atoms with Crippen molar-refractivity contribution >= 4 is 11.3 Å². The molecule has 2 unspecified atom stereocenters. The highest BCUT2D eigenvalue weighted by molar-refractivity contribution is 7.09. The summed E-state index contributed by atoms with van der Waals surface area (Å²) in [7, 11) is 0. The third kappa shape index (κ3) is 2.88. The molecule has 3 heterocycles. The van der Waals surface area contributed by atoms with Crippen LogP contribution < -0.4 is 5.32 Å². The minimum absolute atomic E-state index is 0.379. The van der Waals surface area contributed by atoms with Gasteiger partial charge in [-0.3, -0.25) is 4.90 Å². The van der Waals surface area contributed by atoms with Gasteiger partial charge >= 0.3 is 0 Å². The lowest BCUT2D eigenvalue weighted by Gasteiger charge is -2.35. The third-order valence-corrected chi connectivity index (χ3v) is 4.59. The van der Waals surface area contributed by atoms with Gasteiger partial charge in [0, 0.05) is 30.6 Å². The molecule has 1 aromatic rings. The molecule has 0 amide bonds. The van der Waals surface area contributed by atoms with Crippen LogP contribution in [0, 0.1) is 0 Å². The second kappa shape index (κ2) is 5.48. The molecule has 0 radical (unpaired) electrons. The Balaban J connectivity index is 1.40. The summed E-state index contributed by atoms with van der Waals surface area (Å²) in [5, 5.41) is 5.62. The van der Waals surface area contributed by atoms with Crippen LogP contribution in [0.1, 0.15) is 17.7 Å². The summed E-state index contributed by atoms with van der Waals surface area (Å²) in [6, 6.07) is 4.99. The zero-order chi connectivity index (χ0) is 11.5. The SMILES string of the molecule is c1csc(CNCC2CN3CCCC3CO2)c1. The van der Waals surface area contributed by atoms with Gasteiger partial charge in [0.25, 0.3) is 0 Å². The largest absolute Gasteiger partial charge is 0.374 e. The van der Waals surface area contributed by atoms with Gasteiger partial charge in [-0.25, -0.2) is 0 Å². The van der Waals surface area contributed by atoms with E-state index in [0.717, 1.165) is 26.2 Å². The molecule has 2 saturated heterocycles. The van der Waals surface area contributed by atoms with E-state index in [2.05, 4.69) is 27.7 Å². The van der Waals surface area contributed by atoms with E-state index in [1.807, 2.05) is 11.3 Å². The average Bonchev–Trinajstić information content (AvgIpc) is 2.98. The van der Waals surface area contributed by atoms with E-state index in [1.54, 1.807) is 0 Å². The summed E-state index contributed by atoms with van der Waals surface area (Å²) in [5.41, 5.74) is 0. The van der Waals surface area contributed by atoms with E-state index in [0.29, 0.717) is 12.1 Å². The van der Waals surface area contributed by atoms with Crippen molar-refractivity contribution in [1.82, 2.24) is 10.2 Å². The Hall–Kier alpha value is -0.420. The lowest BCUT2D eigenvalue weighted by Crippen LogP contribution is -2.49. The van der Waals surface area contributed by atoms with Crippen LogP contribution in [-0.2, 0) is 11.3 Å². The molecule has 94 valence electrons. The van der Waals surface area contributed by atoms with Gasteiger partial charge in [-0.05, 0) is 30.8 Å². The fraction of sp³-hybridized carbons (Fsp3) is 0.692. The van der Waals surface area contributed by atoms with Gasteiger partial charge in [0.1, 0.15) is 0 Å². The van der Waals surface area contributed by atoms with Crippen LogP contribution in [0.5, 0.6) is 0 Å². The molecule has 2 fully saturated rings. The third-order valence-electron chi connectivity index (χ3n) is 3.71. The predicted octanol–water partition coefficient (Wildman–Crippen LogP) is 1.70. The molecule has 3 rings (SSSR count). The number of rotatable bonds is 4. The molecule has 1 N–H and O–H groups in total. The molecular weight excluding hydrogens is 232 g/mol. The summed E-state index contributed by atoms with van der Waals surface area (Å²) in [6.07, 6.45) is 3.06. The van der Waals surface area contributed by atoms with Gasteiger partial charge in [-0.15, -0.1) is 11.3 Å². The number of ether oxygens (including phenoxy) is 1. The highest BCUT2D eigenvalue weighted by Crippen LogP contribution is 2.22. The first kappa shape index (κ1) is 11.7. The summed E-state index contributed by atoms with van der Waals surface area (Å²) in [5.74, 6) is 0. The smallest absolute Gasteiger partial charge is 0.0827 e. The summed E-state index contributed by atoms with van der Waals surface area (Å²) in [6.45, 7) is 5.27. The highest BCUT2D eigenvalue weighted by atomic mass is 32.1. The Morgan fingerprint density at radius 3 is 3.41 bits per heavy atom. The molecule has 0 aliphatic carbocycles. The minimum atomic E-state index is 0.379. The molecule has 0 aromatic carbocycles. The van der Waals surface area contributed by atoms with Gasteiger partial charge in [-0.1, -0.05) is 6.07 Å². The molecule has 0 spiro atoms. The van der Waals surface area contributed by atoms with Crippen molar-refractivity contribution in [3.05, 3.63) is 22.4 Å². The monoisotopic (exact) mass is 252 g/mol. The van der Waals surface area contributed by atoms with E-state index in [1.165, 1.54) is 24.3 Å². The van der Waals surface area contributed by atoms with Gasteiger partial charge in [0.2, 0.25) is 0 Å². The van der Waals surface area contributed by atoms with Crippen LogP contribution >= 0.6 is 11.3 Å². The van der Waals surface area contributed by atoms with Crippen molar-refractivity contribution in [2.45, 2.75) is 31.5 Å². The van der Waals surface area contributed by atoms with E-state index < -0.39 is 0 Å². The molecule has 2 atom stereocenters. The van der Waals surface area contributed by atoms with Gasteiger partial charge < -0.3 is 10.1 Å². The number of fused-ring (bicyclic) bond motifs is 1. The van der Waals surface area contributed by atoms with E-state index in [4.69, 9.17) is 4.74 Å². The molecule has 0 saturated carbocycles. The molecule has 2 aliphatic rings. The van der Waals surface area contributed by atoms with E-state index in [9.17, 15) is 0 Å². The van der Waals surface area contributed by atoms with Crippen molar-refractivity contribution in [3.63, 3.8) is 0 Å². The quantitative estimate of drug-likeness (QED) is 0.883. The maximum atomic E-state index is 5.91. The topological polar surface area (TPSA) is 24.5 Å². The van der Waals surface area contributed by atoms with Crippen molar-refractivity contribution in [3.8, 4) is 0 Å². The number of hydrogen-bond donors (Lipinski definition) is 1. The Labute approximate surface area is 107 Å². The molecule has 2 aliphatic heterocycles. The van der Waals surface area contributed by atoms with Crippen LogP contribution in [0.2, 0.25) is 0 Å². The minimum Gasteiger partial charge on any atom is -0.374 e. The average molecular weight is 252 g/mol. The van der Waals surface area contributed by atoms with Crippen LogP contribution in [0.25, 0.3) is 0 Å². The highest BCUT2D eigenvalue weighted by Gasteiger charge is 2.31.